The lowest BCUT2D eigenvalue weighted by molar-refractivity contribution is 0.0479. The molecule has 0 saturated carbocycles. The van der Waals surface area contributed by atoms with Gasteiger partial charge in [0, 0.05) is 13.1 Å². The molecule has 7 heteroatoms. The minimum atomic E-state index is -2.29. The largest absolute Gasteiger partial charge is 0.490 e. The van der Waals surface area contributed by atoms with E-state index in [1.165, 1.54) is 11.9 Å². The van der Waals surface area contributed by atoms with E-state index in [2.05, 4.69) is 29.0 Å². The number of benzene rings is 2. The second-order valence-electron chi connectivity index (χ2n) is 7.92. The molecule has 1 fully saturated rings. The fourth-order valence-corrected chi connectivity index (χ4v) is 3.91. The molecule has 0 unspecified atom stereocenters. The monoisotopic (exact) mass is 427 g/mol. The van der Waals surface area contributed by atoms with E-state index in [1.54, 1.807) is 4.90 Å². The summed E-state index contributed by atoms with van der Waals surface area (Å²) in [7, 11) is 0. The summed E-state index contributed by atoms with van der Waals surface area (Å²) in [5.41, 5.74) is 3.08. The zero-order chi connectivity index (χ0) is 21.8. The predicted molar refractivity (Wildman–Crippen MR) is 116 cm³/mol. The number of aromatic nitrogens is 2. The van der Waals surface area contributed by atoms with Crippen LogP contribution >= 0.6 is 0 Å². The molecule has 31 heavy (non-hydrogen) atoms. The molecule has 0 N–H and O–H groups in total. The standard InChI is InChI=1S/C24H27F2N3O2/c1-3-17-4-7-22(16(2)12-17)31-24-20-13-19(5-6-21(20)27-15-28-24)30-18-8-10-29(11-9-18)14-23(25)26/h4-7,12-13,15,18,23H,3,8-11,14H2,1-2H3. The van der Waals surface area contributed by atoms with E-state index in [9.17, 15) is 8.78 Å². The number of halogens is 2. The van der Waals surface area contributed by atoms with Crippen LogP contribution in [0, 0.1) is 6.92 Å². The van der Waals surface area contributed by atoms with E-state index in [1.807, 2.05) is 31.2 Å². The molecule has 3 aromatic rings. The smallest absolute Gasteiger partial charge is 0.251 e. The number of nitrogens with zero attached hydrogens (tertiary/aromatic N) is 3. The van der Waals surface area contributed by atoms with Crippen LogP contribution in [-0.4, -0.2) is 47.0 Å². The molecule has 1 saturated heterocycles. The number of likely N-dealkylation sites (tertiary alicyclic amines) is 1. The first-order valence-corrected chi connectivity index (χ1v) is 10.7. The molecule has 0 radical (unpaired) electrons. The van der Waals surface area contributed by atoms with Crippen molar-refractivity contribution in [2.24, 2.45) is 0 Å². The van der Waals surface area contributed by atoms with Crippen molar-refractivity contribution in [2.45, 2.75) is 45.6 Å². The highest BCUT2D eigenvalue weighted by Gasteiger charge is 2.22. The molecule has 2 heterocycles. The lowest BCUT2D eigenvalue weighted by Gasteiger charge is -2.31. The Morgan fingerprint density at radius 3 is 2.61 bits per heavy atom. The summed E-state index contributed by atoms with van der Waals surface area (Å²) < 4.78 is 37.4. The molecule has 164 valence electrons. The van der Waals surface area contributed by atoms with Gasteiger partial charge in [-0.15, -0.1) is 0 Å². The zero-order valence-corrected chi connectivity index (χ0v) is 17.9. The second kappa shape index (κ2) is 9.56. The fourth-order valence-electron chi connectivity index (χ4n) is 3.91. The highest BCUT2D eigenvalue weighted by atomic mass is 19.3. The molecule has 0 bridgehead atoms. The molecule has 1 aliphatic rings. The van der Waals surface area contributed by atoms with Gasteiger partial charge in [-0.3, -0.25) is 4.90 Å². The Labute approximate surface area is 181 Å². The third-order valence-electron chi connectivity index (χ3n) is 5.66. The van der Waals surface area contributed by atoms with Crippen molar-refractivity contribution in [3.63, 3.8) is 0 Å². The van der Waals surface area contributed by atoms with Crippen molar-refractivity contribution in [3.8, 4) is 17.4 Å². The Morgan fingerprint density at radius 2 is 1.90 bits per heavy atom. The number of aryl methyl sites for hydroxylation is 2. The average Bonchev–Trinajstić information content (AvgIpc) is 2.76. The van der Waals surface area contributed by atoms with E-state index >= 15 is 0 Å². The normalized spacial score (nSPS) is 15.5. The molecule has 0 atom stereocenters. The Morgan fingerprint density at radius 1 is 1.10 bits per heavy atom. The van der Waals surface area contributed by atoms with Crippen molar-refractivity contribution >= 4 is 10.9 Å². The summed E-state index contributed by atoms with van der Waals surface area (Å²) in [4.78, 5) is 10.5. The molecule has 4 rings (SSSR count). The number of rotatable bonds is 7. The predicted octanol–water partition coefficient (Wildman–Crippen LogP) is 5.40. The van der Waals surface area contributed by atoms with Gasteiger partial charge >= 0.3 is 0 Å². The number of ether oxygens (including phenoxy) is 2. The summed E-state index contributed by atoms with van der Waals surface area (Å²) in [6, 6.07) is 11.8. The Kier molecular flexibility index (Phi) is 6.61. The van der Waals surface area contributed by atoms with Gasteiger partial charge in [0.1, 0.15) is 23.9 Å². The summed E-state index contributed by atoms with van der Waals surface area (Å²) in [6.07, 6.45) is 1.62. The molecule has 2 aromatic carbocycles. The molecule has 5 nitrogen and oxygen atoms in total. The first-order valence-electron chi connectivity index (χ1n) is 10.7. The van der Waals surface area contributed by atoms with Crippen molar-refractivity contribution < 1.29 is 18.3 Å². The van der Waals surface area contributed by atoms with E-state index in [0.29, 0.717) is 24.7 Å². The highest BCUT2D eigenvalue weighted by Crippen LogP contribution is 2.32. The van der Waals surface area contributed by atoms with Gasteiger partial charge in [-0.05, 0) is 61.6 Å². The van der Waals surface area contributed by atoms with Crippen LogP contribution in [0.4, 0.5) is 8.78 Å². The minimum absolute atomic E-state index is 0.00389. The molecule has 0 aliphatic carbocycles. The summed E-state index contributed by atoms with van der Waals surface area (Å²) in [5.74, 6) is 1.95. The third kappa shape index (κ3) is 5.28. The van der Waals surface area contributed by atoms with Crippen LogP contribution in [0.2, 0.25) is 0 Å². The molecular weight excluding hydrogens is 400 g/mol. The SMILES string of the molecule is CCc1ccc(Oc2ncnc3ccc(OC4CCN(CC(F)F)CC4)cc23)c(C)c1. The van der Waals surface area contributed by atoms with Crippen LogP contribution in [-0.2, 0) is 6.42 Å². The van der Waals surface area contributed by atoms with E-state index in [0.717, 1.165) is 41.5 Å². The van der Waals surface area contributed by atoms with Gasteiger partial charge in [-0.25, -0.2) is 18.7 Å². The molecule has 0 amide bonds. The second-order valence-corrected chi connectivity index (χ2v) is 7.92. The van der Waals surface area contributed by atoms with Crippen molar-refractivity contribution in [1.29, 1.82) is 0 Å². The van der Waals surface area contributed by atoms with Crippen LogP contribution in [0.25, 0.3) is 10.9 Å². The van der Waals surface area contributed by atoms with Crippen molar-refractivity contribution in [1.82, 2.24) is 14.9 Å². The van der Waals surface area contributed by atoms with E-state index in [4.69, 9.17) is 9.47 Å². The van der Waals surface area contributed by atoms with Crippen LogP contribution in [0.3, 0.4) is 0 Å². The highest BCUT2D eigenvalue weighted by molar-refractivity contribution is 5.84. The number of alkyl halides is 2. The van der Waals surface area contributed by atoms with Gasteiger partial charge in [0.15, 0.2) is 0 Å². The quantitative estimate of drug-likeness (QED) is 0.505. The van der Waals surface area contributed by atoms with Crippen LogP contribution < -0.4 is 9.47 Å². The third-order valence-corrected chi connectivity index (χ3v) is 5.66. The first kappa shape index (κ1) is 21.4. The average molecular weight is 427 g/mol. The maximum Gasteiger partial charge on any atom is 0.251 e. The van der Waals surface area contributed by atoms with Gasteiger partial charge in [0.25, 0.3) is 6.43 Å². The summed E-state index contributed by atoms with van der Waals surface area (Å²) in [5, 5.41) is 0.772. The molecule has 1 aliphatic heterocycles. The Hall–Kier alpha value is -2.80. The summed E-state index contributed by atoms with van der Waals surface area (Å²) in [6.45, 7) is 5.21. The lowest BCUT2D eigenvalue weighted by Crippen LogP contribution is -2.40. The lowest BCUT2D eigenvalue weighted by atomic mass is 10.1. The van der Waals surface area contributed by atoms with Crippen LogP contribution in [0.15, 0.2) is 42.7 Å². The number of fused-ring (bicyclic) bond motifs is 1. The van der Waals surface area contributed by atoms with Gasteiger partial charge in [-0.1, -0.05) is 19.1 Å². The summed E-state index contributed by atoms with van der Waals surface area (Å²) >= 11 is 0. The number of piperidine rings is 1. The maximum atomic E-state index is 12.6. The van der Waals surface area contributed by atoms with E-state index < -0.39 is 6.43 Å². The topological polar surface area (TPSA) is 47.5 Å². The van der Waals surface area contributed by atoms with Crippen LogP contribution in [0.1, 0.15) is 30.9 Å². The first-order chi connectivity index (χ1) is 15.0. The van der Waals surface area contributed by atoms with Gasteiger partial charge in [0.05, 0.1) is 17.4 Å². The van der Waals surface area contributed by atoms with Gasteiger partial charge < -0.3 is 9.47 Å². The van der Waals surface area contributed by atoms with Crippen LogP contribution in [0.5, 0.6) is 17.4 Å². The molecule has 1 aromatic heterocycles. The Balaban J connectivity index is 1.50. The number of hydrogen-bond acceptors (Lipinski definition) is 5. The maximum absolute atomic E-state index is 12.6. The van der Waals surface area contributed by atoms with Crippen molar-refractivity contribution in [2.75, 3.05) is 19.6 Å². The van der Waals surface area contributed by atoms with Gasteiger partial charge in [-0.2, -0.15) is 0 Å². The van der Waals surface area contributed by atoms with Crippen molar-refractivity contribution in [3.05, 3.63) is 53.9 Å². The fraction of sp³-hybridized carbons (Fsp3) is 0.417. The minimum Gasteiger partial charge on any atom is -0.490 e. The van der Waals surface area contributed by atoms with Gasteiger partial charge in [0.2, 0.25) is 5.88 Å². The Bertz CT molecular complexity index is 1040. The number of hydrogen-bond donors (Lipinski definition) is 0. The molecular formula is C24H27F2N3O2. The van der Waals surface area contributed by atoms with E-state index in [-0.39, 0.29) is 12.6 Å². The zero-order valence-electron chi connectivity index (χ0n) is 17.9. The molecule has 0 spiro atoms.